The molecule has 0 aliphatic carbocycles. The van der Waals surface area contributed by atoms with Crippen molar-refractivity contribution < 1.29 is 18.0 Å². The molecular weight excluding hydrogens is 546 g/mol. The average Bonchev–Trinajstić information content (AvgIpc) is 2.97. The smallest absolute Gasteiger partial charge is 0.264 e. The summed E-state index contributed by atoms with van der Waals surface area (Å²) in [4.78, 5) is 29.2. The van der Waals surface area contributed by atoms with Crippen molar-refractivity contribution in [1.82, 2.24) is 10.2 Å². The molecule has 4 aromatic rings. The zero-order valence-corrected chi connectivity index (χ0v) is 25.3. The van der Waals surface area contributed by atoms with Gasteiger partial charge in [0.1, 0.15) is 12.6 Å². The van der Waals surface area contributed by atoms with Gasteiger partial charge in [0.2, 0.25) is 11.8 Å². The number of hydrogen-bond acceptors (Lipinski definition) is 4. The van der Waals surface area contributed by atoms with Crippen LogP contribution in [0.15, 0.2) is 108 Å². The second kappa shape index (κ2) is 13.5. The third kappa shape index (κ3) is 7.44. The van der Waals surface area contributed by atoms with E-state index in [9.17, 15) is 18.0 Å². The van der Waals surface area contributed by atoms with Crippen molar-refractivity contribution in [2.75, 3.05) is 17.9 Å². The highest BCUT2D eigenvalue weighted by Crippen LogP contribution is 2.27. The van der Waals surface area contributed by atoms with Gasteiger partial charge in [-0.25, -0.2) is 8.42 Å². The van der Waals surface area contributed by atoms with Gasteiger partial charge in [-0.2, -0.15) is 0 Å². The number of benzene rings is 4. The number of nitrogens with zero attached hydrogens (tertiary/aromatic N) is 2. The fraction of sp³-hybridized carbons (Fsp3) is 0.235. The number of likely N-dealkylation sites (N-methyl/N-ethyl adjacent to an activating group) is 1. The van der Waals surface area contributed by atoms with Gasteiger partial charge >= 0.3 is 0 Å². The molecule has 0 radical (unpaired) electrons. The number of anilines is 1. The van der Waals surface area contributed by atoms with E-state index in [2.05, 4.69) is 5.32 Å². The Morgan fingerprint density at radius 3 is 1.83 bits per heavy atom. The summed E-state index contributed by atoms with van der Waals surface area (Å²) in [6, 6.07) is 30.0. The predicted octanol–water partition coefficient (Wildman–Crippen LogP) is 5.19. The van der Waals surface area contributed by atoms with Gasteiger partial charge < -0.3 is 10.2 Å². The highest BCUT2D eigenvalue weighted by atomic mass is 32.2. The Morgan fingerprint density at radius 2 is 1.29 bits per heavy atom. The van der Waals surface area contributed by atoms with Crippen LogP contribution in [0.2, 0.25) is 0 Å². The molecular formula is C34H37N3O4S. The molecule has 0 aliphatic rings. The van der Waals surface area contributed by atoms with Crippen LogP contribution in [0.5, 0.6) is 0 Å². The summed E-state index contributed by atoms with van der Waals surface area (Å²) >= 11 is 0. The van der Waals surface area contributed by atoms with Crippen LogP contribution in [0.1, 0.15) is 27.8 Å². The third-order valence-corrected chi connectivity index (χ3v) is 8.88. The molecule has 42 heavy (non-hydrogen) atoms. The number of carbonyl (C=O) groups excluding carboxylic acids is 2. The standard InChI is InChI=1S/C34H37N3O4S/c1-25-15-17-31(18-16-25)42(40,41)37(30-20-26(2)19-27(3)21-30)24-33(38)36(23-29-13-9-6-10-14-29)32(34(39)35-4)22-28-11-7-5-8-12-28/h5-21,32H,22-24H2,1-4H3,(H,35,39)/t32-/m1/s1. The number of carbonyl (C=O) groups is 2. The Morgan fingerprint density at radius 1 is 0.738 bits per heavy atom. The maximum Gasteiger partial charge on any atom is 0.264 e. The highest BCUT2D eigenvalue weighted by molar-refractivity contribution is 7.92. The van der Waals surface area contributed by atoms with Crippen molar-refractivity contribution in [3.8, 4) is 0 Å². The molecule has 0 saturated carbocycles. The van der Waals surface area contributed by atoms with Crippen LogP contribution in [-0.2, 0) is 32.6 Å². The zero-order chi connectivity index (χ0) is 30.3. The lowest BCUT2D eigenvalue weighted by Gasteiger charge is -2.33. The van der Waals surface area contributed by atoms with Gasteiger partial charge in [-0.05, 0) is 67.3 Å². The molecule has 1 N–H and O–H groups in total. The number of nitrogens with one attached hydrogen (secondary N) is 1. The van der Waals surface area contributed by atoms with Crippen LogP contribution >= 0.6 is 0 Å². The van der Waals surface area contributed by atoms with Crippen LogP contribution in [0.4, 0.5) is 5.69 Å². The van der Waals surface area contributed by atoms with E-state index in [1.165, 1.54) is 11.9 Å². The fourth-order valence-electron chi connectivity index (χ4n) is 4.96. The molecule has 2 amide bonds. The van der Waals surface area contributed by atoms with E-state index in [1.54, 1.807) is 36.4 Å². The number of rotatable bonds is 11. The van der Waals surface area contributed by atoms with Crippen LogP contribution in [0.25, 0.3) is 0 Å². The van der Waals surface area contributed by atoms with E-state index in [1.807, 2.05) is 87.5 Å². The summed E-state index contributed by atoms with van der Waals surface area (Å²) in [6.45, 7) is 5.31. The average molecular weight is 584 g/mol. The second-order valence-electron chi connectivity index (χ2n) is 10.5. The van der Waals surface area contributed by atoms with Gasteiger partial charge in [0, 0.05) is 20.0 Å². The molecule has 8 heteroatoms. The topological polar surface area (TPSA) is 86.8 Å². The summed E-state index contributed by atoms with van der Waals surface area (Å²) < 4.78 is 29.4. The Kier molecular flexibility index (Phi) is 9.80. The minimum Gasteiger partial charge on any atom is -0.357 e. The molecule has 0 spiro atoms. The SMILES string of the molecule is CNC(=O)[C@@H](Cc1ccccc1)N(Cc1ccccc1)C(=O)CN(c1cc(C)cc(C)c1)S(=O)(=O)c1ccc(C)cc1. The molecule has 218 valence electrons. The fourth-order valence-corrected chi connectivity index (χ4v) is 6.36. The summed E-state index contributed by atoms with van der Waals surface area (Å²) in [6.07, 6.45) is 0.271. The van der Waals surface area contributed by atoms with Gasteiger partial charge in [-0.3, -0.25) is 13.9 Å². The first-order valence-corrected chi connectivity index (χ1v) is 15.3. The van der Waals surface area contributed by atoms with E-state index >= 15 is 0 Å². The van der Waals surface area contributed by atoms with Crippen molar-refractivity contribution in [1.29, 1.82) is 0 Å². The van der Waals surface area contributed by atoms with E-state index in [0.717, 1.165) is 32.1 Å². The first-order chi connectivity index (χ1) is 20.1. The Hall–Kier alpha value is -4.43. The molecule has 0 aromatic heterocycles. The summed E-state index contributed by atoms with van der Waals surface area (Å²) in [5, 5.41) is 2.70. The summed E-state index contributed by atoms with van der Waals surface area (Å²) in [7, 11) is -2.59. The molecule has 0 bridgehead atoms. The number of aryl methyl sites for hydroxylation is 3. The Labute approximate surface area is 248 Å². The maximum atomic E-state index is 14.3. The lowest BCUT2D eigenvalue weighted by molar-refractivity contribution is -0.139. The lowest BCUT2D eigenvalue weighted by Crippen LogP contribution is -2.53. The van der Waals surface area contributed by atoms with Crippen LogP contribution in [0, 0.1) is 20.8 Å². The Bertz CT molecular complexity index is 1600. The van der Waals surface area contributed by atoms with Crippen molar-refractivity contribution >= 4 is 27.5 Å². The summed E-state index contributed by atoms with van der Waals surface area (Å²) in [5.41, 5.74) is 4.76. The van der Waals surface area contributed by atoms with Gasteiger partial charge in [-0.15, -0.1) is 0 Å². The van der Waals surface area contributed by atoms with Gasteiger partial charge in [0.05, 0.1) is 10.6 Å². The van der Waals surface area contributed by atoms with Gasteiger partial charge in [0.15, 0.2) is 0 Å². The molecule has 7 nitrogen and oxygen atoms in total. The molecule has 4 rings (SSSR count). The van der Waals surface area contributed by atoms with E-state index in [-0.39, 0.29) is 23.8 Å². The molecule has 4 aromatic carbocycles. The number of hydrogen-bond donors (Lipinski definition) is 1. The normalized spacial score (nSPS) is 11.9. The van der Waals surface area contributed by atoms with Crippen LogP contribution in [0.3, 0.4) is 0 Å². The largest absolute Gasteiger partial charge is 0.357 e. The van der Waals surface area contributed by atoms with E-state index in [0.29, 0.717) is 5.69 Å². The second-order valence-corrected chi connectivity index (χ2v) is 12.4. The van der Waals surface area contributed by atoms with Crippen molar-refractivity contribution in [3.63, 3.8) is 0 Å². The van der Waals surface area contributed by atoms with Crippen molar-refractivity contribution in [3.05, 3.63) is 131 Å². The van der Waals surface area contributed by atoms with E-state index < -0.39 is 28.5 Å². The number of amides is 2. The minimum atomic E-state index is -4.13. The third-order valence-electron chi connectivity index (χ3n) is 7.10. The van der Waals surface area contributed by atoms with Crippen molar-refractivity contribution in [2.24, 2.45) is 0 Å². The molecule has 1 atom stereocenters. The summed E-state index contributed by atoms with van der Waals surface area (Å²) in [5.74, 6) is -0.819. The van der Waals surface area contributed by atoms with Gasteiger partial charge in [-0.1, -0.05) is 84.4 Å². The van der Waals surface area contributed by atoms with E-state index in [4.69, 9.17) is 0 Å². The van der Waals surface area contributed by atoms with Crippen LogP contribution < -0.4 is 9.62 Å². The van der Waals surface area contributed by atoms with Crippen molar-refractivity contribution in [2.45, 2.75) is 44.7 Å². The Balaban J connectivity index is 1.80. The lowest BCUT2D eigenvalue weighted by atomic mass is 10.0. The first kappa shape index (κ1) is 30.5. The minimum absolute atomic E-state index is 0.0850. The zero-order valence-electron chi connectivity index (χ0n) is 24.4. The molecule has 0 heterocycles. The predicted molar refractivity (Wildman–Crippen MR) is 167 cm³/mol. The molecule has 0 aliphatic heterocycles. The molecule has 0 fully saturated rings. The maximum absolute atomic E-state index is 14.3. The monoisotopic (exact) mass is 583 g/mol. The highest BCUT2D eigenvalue weighted by Gasteiger charge is 2.34. The molecule has 0 unspecified atom stereocenters. The first-order valence-electron chi connectivity index (χ1n) is 13.8. The number of sulfonamides is 1. The van der Waals surface area contributed by atoms with Crippen LogP contribution in [-0.4, -0.2) is 44.8 Å². The quantitative estimate of drug-likeness (QED) is 0.263. The molecule has 0 saturated heterocycles. The van der Waals surface area contributed by atoms with Gasteiger partial charge in [0.25, 0.3) is 10.0 Å².